The van der Waals surface area contributed by atoms with E-state index in [4.69, 9.17) is 9.41 Å². The lowest BCUT2D eigenvalue weighted by Crippen LogP contribution is -2.38. The molecule has 0 spiro atoms. The van der Waals surface area contributed by atoms with Crippen molar-refractivity contribution < 1.29 is 14.0 Å². The molecule has 8 heteroatoms. The molecule has 5 rings (SSSR count). The predicted octanol–water partition coefficient (Wildman–Crippen LogP) is 5.51. The summed E-state index contributed by atoms with van der Waals surface area (Å²) in [5, 5.41) is 8.62. The summed E-state index contributed by atoms with van der Waals surface area (Å²) in [5.41, 5.74) is 4.77. The van der Waals surface area contributed by atoms with E-state index in [-0.39, 0.29) is 18.2 Å². The van der Waals surface area contributed by atoms with E-state index in [1.807, 2.05) is 78.8 Å². The number of furan rings is 1. The third kappa shape index (κ3) is 4.99. The fourth-order valence-electron chi connectivity index (χ4n) is 4.36. The number of anilines is 1. The zero-order chi connectivity index (χ0) is 25.1. The number of carbonyl (C=O) groups excluding carboxylic acids is 2. The minimum atomic E-state index is -0.416. The third-order valence-corrected chi connectivity index (χ3v) is 6.91. The van der Waals surface area contributed by atoms with Crippen LogP contribution in [0.1, 0.15) is 36.3 Å². The van der Waals surface area contributed by atoms with Gasteiger partial charge in [-0.2, -0.15) is 0 Å². The van der Waals surface area contributed by atoms with Gasteiger partial charge in [0, 0.05) is 11.4 Å². The number of fused-ring (bicyclic) bond motifs is 1. The SMILES string of the molecule is CC1=C(C(=O)Nc2ccccc2)C(c2cccc(C)c2)N2C(CC(=O)NCc3ccco3)=CSC2=N1. The second-order valence-electron chi connectivity index (χ2n) is 8.66. The van der Waals surface area contributed by atoms with Gasteiger partial charge in [-0.25, -0.2) is 4.99 Å². The number of nitrogens with zero attached hydrogens (tertiary/aromatic N) is 2. The highest BCUT2D eigenvalue weighted by molar-refractivity contribution is 8.16. The van der Waals surface area contributed by atoms with Gasteiger partial charge in [-0.15, -0.1) is 0 Å². The average Bonchev–Trinajstić information content (AvgIpc) is 3.53. The van der Waals surface area contributed by atoms with Crippen LogP contribution >= 0.6 is 11.8 Å². The summed E-state index contributed by atoms with van der Waals surface area (Å²) in [6.07, 6.45) is 1.74. The molecular weight excluding hydrogens is 472 g/mol. The van der Waals surface area contributed by atoms with E-state index in [1.54, 1.807) is 12.3 Å². The Morgan fingerprint density at radius 1 is 1.06 bits per heavy atom. The molecule has 2 amide bonds. The van der Waals surface area contributed by atoms with Crippen molar-refractivity contribution in [3.63, 3.8) is 0 Å². The first kappa shape index (κ1) is 23.7. The van der Waals surface area contributed by atoms with E-state index in [9.17, 15) is 9.59 Å². The molecule has 2 aliphatic rings. The fourth-order valence-corrected chi connectivity index (χ4v) is 5.33. The van der Waals surface area contributed by atoms with Gasteiger partial charge >= 0.3 is 0 Å². The molecule has 3 aromatic rings. The summed E-state index contributed by atoms with van der Waals surface area (Å²) in [7, 11) is 0. The predicted molar refractivity (Wildman–Crippen MR) is 142 cm³/mol. The molecule has 0 saturated carbocycles. The lowest BCUT2D eigenvalue weighted by Gasteiger charge is -2.36. The van der Waals surface area contributed by atoms with Crippen molar-refractivity contribution in [3.8, 4) is 0 Å². The van der Waals surface area contributed by atoms with E-state index < -0.39 is 6.04 Å². The van der Waals surface area contributed by atoms with Gasteiger partial charge in [0.1, 0.15) is 5.76 Å². The van der Waals surface area contributed by atoms with Crippen molar-refractivity contribution in [1.82, 2.24) is 10.2 Å². The van der Waals surface area contributed by atoms with Crippen LogP contribution in [-0.4, -0.2) is 21.9 Å². The number of amides is 2. The van der Waals surface area contributed by atoms with Gasteiger partial charge in [-0.1, -0.05) is 59.8 Å². The zero-order valence-corrected chi connectivity index (χ0v) is 20.8. The van der Waals surface area contributed by atoms with Gasteiger partial charge in [0.05, 0.1) is 36.5 Å². The first-order valence-electron chi connectivity index (χ1n) is 11.7. The van der Waals surface area contributed by atoms with Gasteiger partial charge < -0.3 is 20.0 Å². The van der Waals surface area contributed by atoms with E-state index in [0.717, 1.165) is 22.0 Å². The number of aryl methyl sites for hydroxylation is 1. The Bertz CT molecular complexity index is 1380. The normalized spacial score (nSPS) is 16.8. The molecule has 2 aromatic carbocycles. The van der Waals surface area contributed by atoms with Crippen LogP contribution in [0.4, 0.5) is 5.69 Å². The molecule has 0 aliphatic carbocycles. The summed E-state index contributed by atoms with van der Waals surface area (Å²) >= 11 is 1.47. The van der Waals surface area contributed by atoms with Crippen LogP contribution < -0.4 is 10.6 Å². The van der Waals surface area contributed by atoms with Gasteiger partial charge in [0.15, 0.2) is 5.17 Å². The lowest BCUT2D eigenvalue weighted by molar-refractivity contribution is -0.120. The van der Waals surface area contributed by atoms with Gasteiger partial charge in [-0.3, -0.25) is 9.59 Å². The number of hydrogen-bond donors (Lipinski definition) is 2. The molecule has 0 radical (unpaired) electrons. The Morgan fingerprint density at radius 2 is 1.89 bits per heavy atom. The Morgan fingerprint density at radius 3 is 2.64 bits per heavy atom. The zero-order valence-electron chi connectivity index (χ0n) is 20.0. The molecule has 2 N–H and O–H groups in total. The number of hydrogen-bond acceptors (Lipinski definition) is 6. The van der Waals surface area contributed by atoms with Crippen molar-refractivity contribution in [2.75, 3.05) is 5.32 Å². The average molecular weight is 499 g/mol. The highest BCUT2D eigenvalue weighted by Gasteiger charge is 2.40. The quantitative estimate of drug-likeness (QED) is 0.449. The molecule has 2 aliphatic heterocycles. The summed E-state index contributed by atoms with van der Waals surface area (Å²) in [6, 6.07) is 20.7. The van der Waals surface area contributed by atoms with Crippen molar-refractivity contribution in [1.29, 1.82) is 0 Å². The number of thioether (sulfide) groups is 1. The topological polar surface area (TPSA) is 86.9 Å². The highest BCUT2D eigenvalue weighted by atomic mass is 32.2. The molecule has 1 atom stereocenters. The van der Waals surface area contributed by atoms with E-state index in [2.05, 4.69) is 16.7 Å². The Balaban J connectivity index is 1.45. The fraction of sp³-hybridized carbons (Fsp3) is 0.179. The van der Waals surface area contributed by atoms with Crippen LogP contribution in [0.25, 0.3) is 0 Å². The number of aliphatic imine (C=N–C) groups is 1. The third-order valence-electron chi connectivity index (χ3n) is 6.02. The van der Waals surface area contributed by atoms with Gasteiger partial charge in [0.2, 0.25) is 5.91 Å². The number of allylic oxidation sites excluding steroid dienone is 1. The molecule has 0 fully saturated rings. The molecule has 1 aromatic heterocycles. The summed E-state index contributed by atoms with van der Waals surface area (Å²) in [6.45, 7) is 4.21. The second-order valence-corrected chi connectivity index (χ2v) is 9.50. The smallest absolute Gasteiger partial charge is 0.255 e. The van der Waals surface area contributed by atoms with Crippen LogP contribution in [0, 0.1) is 6.92 Å². The number of rotatable bonds is 7. The Hall–Kier alpha value is -4.04. The monoisotopic (exact) mass is 498 g/mol. The lowest BCUT2D eigenvalue weighted by atomic mass is 9.92. The maximum atomic E-state index is 13.6. The minimum absolute atomic E-state index is 0.135. The summed E-state index contributed by atoms with van der Waals surface area (Å²) in [5.74, 6) is 0.338. The van der Waals surface area contributed by atoms with Crippen LogP contribution in [0.5, 0.6) is 0 Å². The summed E-state index contributed by atoms with van der Waals surface area (Å²) in [4.78, 5) is 33.2. The number of amidine groups is 1. The first-order chi connectivity index (χ1) is 17.5. The van der Waals surface area contributed by atoms with Crippen LogP contribution in [0.3, 0.4) is 0 Å². The van der Waals surface area contributed by atoms with E-state index in [0.29, 0.717) is 29.3 Å². The minimum Gasteiger partial charge on any atom is -0.467 e. The van der Waals surface area contributed by atoms with E-state index in [1.165, 1.54) is 11.8 Å². The number of nitrogens with one attached hydrogen (secondary N) is 2. The largest absolute Gasteiger partial charge is 0.467 e. The van der Waals surface area contributed by atoms with Gasteiger partial charge in [-0.05, 0) is 49.1 Å². The molecule has 0 saturated heterocycles. The molecule has 0 bridgehead atoms. The van der Waals surface area contributed by atoms with Crippen molar-refractivity contribution in [2.24, 2.45) is 4.99 Å². The molecule has 182 valence electrons. The Kier molecular flexibility index (Phi) is 6.77. The maximum absolute atomic E-state index is 13.6. The molecule has 36 heavy (non-hydrogen) atoms. The standard InChI is InChI=1S/C28H26N4O3S/c1-18-8-6-9-20(14-18)26-25(27(34)31-21-10-4-3-5-11-21)19(2)30-28-32(26)22(17-36-28)15-24(33)29-16-23-12-7-13-35-23/h3-14,17,26H,15-16H2,1-2H3,(H,29,33)(H,31,34). The Labute approximate surface area is 214 Å². The first-order valence-corrected chi connectivity index (χ1v) is 12.5. The molecule has 1 unspecified atom stereocenters. The number of carbonyl (C=O) groups is 2. The van der Waals surface area contributed by atoms with Crippen LogP contribution in [-0.2, 0) is 16.1 Å². The van der Waals surface area contributed by atoms with Crippen molar-refractivity contribution in [2.45, 2.75) is 32.9 Å². The molecular formula is C28H26N4O3S. The van der Waals surface area contributed by atoms with Crippen molar-refractivity contribution >= 4 is 34.4 Å². The molecule has 3 heterocycles. The van der Waals surface area contributed by atoms with Crippen molar-refractivity contribution in [3.05, 3.63) is 112 Å². The summed E-state index contributed by atoms with van der Waals surface area (Å²) < 4.78 is 5.31. The highest BCUT2D eigenvalue weighted by Crippen LogP contribution is 2.44. The second kappa shape index (κ2) is 10.3. The maximum Gasteiger partial charge on any atom is 0.255 e. The van der Waals surface area contributed by atoms with Crippen LogP contribution in [0.15, 0.2) is 105 Å². The van der Waals surface area contributed by atoms with Gasteiger partial charge in [0.25, 0.3) is 5.91 Å². The molecule has 7 nitrogen and oxygen atoms in total. The number of benzene rings is 2. The number of para-hydroxylation sites is 1. The van der Waals surface area contributed by atoms with E-state index >= 15 is 0 Å². The van der Waals surface area contributed by atoms with Crippen LogP contribution in [0.2, 0.25) is 0 Å².